The van der Waals surface area contributed by atoms with Gasteiger partial charge < -0.3 is 4.74 Å². The smallest absolute Gasteiger partial charge is 0.265 e. The minimum absolute atomic E-state index is 0.114. The lowest BCUT2D eigenvalue weighted by molar-refractivity contribution is -0.118. The van der Waals surface area contributed by atoms with Crippen molar-refractivity contribution in [2.75, 3.05) is 7.11 Å². The van der Waals surface area contributed by atoms with Gasteiger partial charge in [-0.15, -0.1) is 0 Å². The first kappa shape index (κ1) is 25.0. The third-order valence-corrected chi connectivity index (χ3v) is 6.99. The number of hydrogen-bond acceptors (Lipinski definition) is 5. The van der Waals surface area contributed by atoms with Gasteiger partial charge in [0.25, 0.3) is 10.0 Å². The highest BCUT2D eigenvalue weighted by Crippen LogP contribution is 2.33. The molecule has 0 unspecified atom stereocenters. The first-order chi connectivity index (χ1) is 15.5. The van der Waals surface area contributed by atoms with Crippen molar-refractivity contribution in [1.29, 1.82) is 0 Å². The first-order valence-electron chi connectivity index (χ1n) is 9.85. The molecule has 0 aliphatic carbocycles. The quantitative estimate of drug-likeness (QED) is 0.461. The van der Waals surface area contributed by atoms with Crippen molar-refractivity contribution in [2.24, 2.45) is 0 Å². The fourth-order valence-corrected chi connectivity index (χ4v) is 5.17. The van der Waals surface area contributed by atoms with Crippen molar-refractivity contribution < 1.29 is 22.3 Å². The van der Waals surface area contributed by atoms with Crippen LogP contribution in [0.25, 0.3) is 11.1 Å². The van der Waals surface area contributed by atoms with Gasteiger partial charge in [0.15, 0.2) is 0 Å². The Labute approximate surface area is 201 Å². The van der Waals surface area contributed by atoms with Crippen LogP contribution in [0.15, 0.2) is 53.6 Å². The Kier molecular flexibility index (Phi) is 7.62. The van der Waals surface area contributed by atoms with Gasteiger partial charge in [0.2, 0.25) is 11.8 Å². The summed E-state index contributed by atoms with van der Waals surface area (Å²) in [4.78, 5) is 16.6. The van der Waals surface area contributed by atoms with E-state index in [0.717, 1.165) is 0 Å². The molecule has 3 aromatic rings. The summed E-state index contributed by atoms with van der Waals surface area (Å²) < 4.78 is 47.1. The summed E-state index contributed by atoms with van der Waals surface area (Å²) in [6, 6.07) is 9.77. The second-order valence-electron chi connectivity index (χ2n) is 7.54. The molecule has 0 atom stereocenters. The summed E-state index contributed by atoms with van der Waals surface area (Å²) >= 11 is 11.8. The van der Waals surface area contributed by atoms with Gasteiger partial charge in [-0.25, -0.2) is 22.5 Å². The Morgan fingerprint density at radius 2 is 1.88 bits per heavy atom. The van der Waals surface area contributed by atoms with E-state index in [1.54, 1.807) is 12.1 Å². The number of nitrogens with zero attached hydrogens (tertiary/aromatic N) is 1. The zero-order chi connectivity index (χ0) is 24.3. The van der Waals surface area contributed by atoms with Crippen molar-refractivity contribution in [2.45, 2.75) is 31.1 Å². The van der Waals surface area contributed by atoms with Crippen molar-refractivity contribution >= 4 is 39.1 Å². The van der Waals surface area contributed by atoms with Crippen LogP contribution >= 0.6 is 23.2 Å². The third kappa shape index (κ3) is 5.82. The number of halogens is 3. The van der Waals surface area contributed by atoms with E-state index in [9.17, 15) is 17.6 Å². The van der Waals surface area contributed by atoms with E-state index >= 15 is 0 Å². The number of carbonyl (C=O) groups excluding carboxylic acids is 1. The van der Waals surface area contributed by atoms with Crippen LogP contribution in [0.1, 0.15) is 30.9 Å². The Morgan fingerprint density at radius 1 is 1.15 bits per heavy atom. The van der Waals surface area contributed by atoms with Gasteiger partial charge >= 0.3 is 0 Å². The standard InChI is InChI=1S/C23H21Cl2FN2O4S/c1-13(2)17-10-16(26)11-18(14-6-7-27-23(8-14)32-3)19(17)12-22(29)28-33(30,31)21-5-4-15(24)9-20(21)25/h4-11,13H,12H2,1-3H3,(H,28,29). The topological polar surface area (TPSA) is 85.4 Å². The molecule has 0 bridgehead atoms. The van der Waals surface area contributed by atoms with Crippen molar-refractivity contribution in [3.05, 3.63) is 75.7 Å². The monoisotopic (exact) mass is 510 g/mol. The minimum atomic E-state index is -4.25. The Balaban J connectivity index is 2.02. The van der Waals surface area contributed by atoms with E-state index in [1.165, 1.54) is 43.6 Å². The van der Waals surface area contributed by atoms with Crippen LogP contribution in [0.2, 0.25) is 10.0 Å². The summed E-state index contributed by atoms with van der Waals surface area (Å²) in [5.41, 5.74) is 2.10. The average molecular weight is 511 g/mol. The van der Waals surface area contributed by atoms with Gasteiger partial charge in [-0.3, -0.25) is 4.79 Å². The minimum Gasteiger partial charge on any atom is -0.481 e. The number of benzene rings is 2. The molecule has 1 amide bonds. The number of carbonyl (C=O) groups is 1. The van der Waals surface area contributed by atoms with Gasteiger partial charge in [-0.1, -0.05) is 37.0 Å². The van der Waals surface area contributed by atoms with Crippen LogP contribution in [0.3, 0.4) is 0 Å². The van der Waals surface area contributed by atoms with E-state index in [2.05, 4.69) is 4.98 Å². The normalized spacial score (nSPS) is 11.5. The van der Waals surface area contributed by atoms with Crippen LogP contribution in [-0.4, -0.2) is 26.4 Å². The molecule has 0 aliphatic heterocycles. The van der Waals surface area contributed by atoms with Gasteiger partial charge in [-0.05, 0) is 64.6 Å². The number of hydrogen-bond donors (Lipinski definition) is 1. The summed E-state index contributed by atoms with van der Waals surface area (Å²) in [6.45, 7) is 3.72. The Bertz CT molecular complexity index is 1310. The summed E-state index contributed by atoms with van der Waals surface area (Å²) in [6.07, 6.45) is 1.20. The summed E-state index contributed by atoms with van der Waals surface area (Å²) in [7, 11) is -2.79. The lowest BCUT2D eigenvalue weighted by Crippen LogP contribution is -2.32. The molecule has 0 fully saturated rings. The molecule has 1 aromatic heterocycles. The van der Waals surface area contributed by atoms with Gasteiger partial charge in [0, 0.05) is 17.3 Å². The first-order valence-corrected chi connectivity index (χ1v) is 12.1. The van der Waals surface area contributed by atoms with Crippen LogP contribution in [0.4, 0.5) is 4.39 Å². The molecule has 0 saturated heterocycles. The van der Waals surface area contributed by atoms with Crippen LogP contribution < -0.4 is 9.46 Å². The molecule has 174 valence electrons. The summed E-state index contributed by atoms with van der Waals surface area (Å²) in [5, 5.41) is 0.146. The van der Waals surface area contributed by atoms with Gasteiger partial charge in [0.05, 0.1) is 18.6 Å². The molecular weight excluding hydrogens is 490 g/mol. The maximum atomic E-state index is 14.5. The van der Waals surface area contributed by atoms with Crippen LogP contribution in [0, 0.1) is 5.82 Å². The number of aromatic nitrogens is 1. The maximum Gasteiger partial charge on any atom is 0.265 e. The molecule has 1 N–H and O–H groups in total. The molecule has 0 aliphatic rings. The van der Waals surface area contributed by atoms with Crippen LogP contribution in [-0.2, 0) is 21.2 Å². The molecule has 3 rings (SSSR count). The highest BCUT2D eigenvalue weighted by atomic mass is 35.5. The second-order valence-corrected chi connectivity index (χ2v) is 10.0. The molecule has 10 heteroatoms. The highest BCUT2D eigenvalue weighted by molar-refractivity contribution is 7.90. The maximum absolute atomic E-state index is 14.5. The number of rotatable bonds is 7. The van der Waals surface area contributed by atoms with Crippen LogP contribution in [0.5, 0.6) is 5.88 Å². The van der Waals surface area contributed by atoms with E-state index in [4.69, 9.17) is 27.9 Å². The number of ether oxygens (including phenoxy) is 1. The van der Waals surface area contributed by atoms with Gasteiger partial charge in [-0.2, -0.15) is 0 Å². The van der Waals surface area contributed by atoms with E-state index in [-0.39, 0.29) is 27.3 Å². The van der Waals surface area contributed by atoms with E-state index < -0.39 is 21.7 Å². The molecular formula is C23H21Cl2FN2O4S. The van der Waals surface area contributed by atoms with E-state index in [0.29, 0.717) is 28.1 Å². The number of sulfonamides is 1. The zero-order valence-corrected chi connectivity index (χ0v) is 20.4. The number of nitrogens with one attached hydrogen (secondary N) is 1. The van der Waals surface area contributed by atoms with Crippen molar-refractivity contribution in [1.82, 2.24) is 9.71 Å². The average Bonchev–Trinajstić information content (AvgIpc) is 2.73. The zero-order valence-electron chi connectivity index (χ0n) is 18.0. The molecule has 0 spiro atoms. The van der Waals surface area contributed by atoms with Crippen molar-refractivity contribution in [3.63, 3.8) is 0 Å². The van der Waals surface area contributed by atoms with Crippen molar-refractivity contribution in [3.8, 4) is 17.0 Å². The van der Waals surface area contributed by atoms with E-state index in [1.807, 2.05) is 18.6 Å². The Morgan fingerprint density at radius 3 is 2.52 bits per heavy atom. The second kappa shape index (κ2) is 10.1. The predicted molar refractivity (Wildman–Crippen MR) is 126 cm³/mol. The third-order valence-electron chi connectivity index (χ3n) is 4.90. The predicted octanol–water partition coefficient (Wildman–Crippen LogP) is 5.37. The molecule has 2 aromatic carbocycles. The highest BCUT2D eigenvalue weighted by Gasteiger charge is 2.24. The lowest BCUT2D eigenvalue weighted by atomic mass is 9.88. The number of methoxy groups -OCH3 is 1. The lowest BCUT2D eigenvalue weighted by Gasteiger charge is -2.18. The van der Waals surface area contributed by atoms with Gasteiger partial charge in [0.1, 0.15) is 10.7 Å². The molecule has 0 saturated carbocycles. The fourth-order valence-electron chi connectivity index (χ4n) is 3.41. The SMILES string of the molecule is COc1cc(-c2cc(F)cc(C(C)C)c2CC(=O)NS(=O)(=O)c2ccc(Cl)cc2Cl)ccn1. The number of pyridine rings is 1. The largest absolute Gasteiger partial charge is 0.481 e. The Hall–Kier alpha value is -2.68. The molecule has 33 heavy (non-hydrogen) atoms. The number of amides is 1. The summed E-state index contributed by atoms with van der Waals surface area (Å²) in [5.74, 6) is -1.09. The molecule has 1 heterocycles. The molecule has 0 radical (unpaired) electrons. The molecule has 6 nitrogen and oxygen atoms in total. The fraction of sp³-hybridized carbons (Fsp3) is 0.217.